The molecular formula is C14H29N3O2. The van der Waals surface area contributed by atoms with Gasteiger partial charge in [0.15, 0.2) is 0 Å². The summed E-state index contributed by atoms with van der Waals surface area (Å²) >= 11 is 0. The van der Waals surface area contributed by atoms with E-state index in [1.807, 2.05) is 20.8 Å². The van der Waals surface area contributed by atoms with Gasteiger partial charge in [0.05, 0.1) is 0 Å². The predicted molar refractivity (Wildman–Crippen MR) is 77.1 cm³/mol. The van der Waals surface area contributed by atoms with Crippen molar-refractivity contribution < 1.29 is 9.53 Å². The molecule has 0 aliphatic carbocycles. The van der Waals surface area contributed by atoms with Gasteiger partial charge in [-0.05, 0) is 46.1 Å². The first-order valence-corrected chi connectivity index (χ1v) is 7.30. The molecule has 1 aliphatic rings. The number of amides is 1. The van der Waals surface area contributed by atoms with Crippen molar-refractivity contribution in [3.8, 4) is 0 Å². The molecule has 0 saturated carbocycles. The van der Waals surface area contributed by atoms with Gasteiger partial charge in [-0.15, -0.1) is 0 Å². The maximum Gasteiger partial charge on any atom is 0.407 e. The van der Waals surface area contributed by atoms with Crippen LogP contribution >= 0.6 is 0 Å². The molecule has 5 heteroatoms. The number of hydrogen-bond acceptors (Lipinski definition) is 4. The second-order valence-electron chi connectivity index (χ2n) is 6.33. The molecule has 0 aromatic rings. The highest BCUT2D eigenvalue weighted by atomic mass is 16.6. The van der Waals surface area contributed by atoms with E-state index in [4.69, 9.17) is 10.5 Å². The van der Waals surface area contributed by atoms with Gasteiger partial charge in [-0.3, -0.25) is 0 Å². The topological polar surface area (TPSA) is 67.6 Å². The second kappa shape index (κ2) is 7.70. The lowest BCUT2D eigenvalue weighted by atomic mass is 10.0. The average Bonchev–Trinajstić information content (AvgIpc) is 2.50. The number of nitrogens with one attached hydrogen (secondary N) is 1. The van der Waals surface area contributed by atoms with E-state index >= 15 is 0 Å². The Balaban J connectivity index is 2.32. The van der Waals surface area contributed by atoms with Crippen molar-refractivity contribution in [2.24, 2.45) is 11.7 Å². The summed E-state index contributed by atoms with van der Waals surface area (Å²) in [4.78, 5) is 14.0. The lowest BCUT2D eigenvalue weighted by Gasteiger charge is -2.25. The van der Waals surface area contributed by atoms with Crippen molar-refractivity contribution in [1.29, 1.82) is 0 Å². The molecule has 0 aromatic heterocycles. The molecule has 1 aliphatic heterocycles. The number of ether oxygens (including phenoxy) is 1. The van der Waals surface area contributed by atoms with Crippen LogP contribution in [0, 0.1) is 5.92 Å². The molecule has 1 saturated heterocycles. The van der Waals surface area contributed by atoms with Crippen LogP contribution in [0.4, 0.5) is 4.79 Å². The predicted octanol–water partition coefficient (Wildman–Crippen LogP) is 1.57. The second-order valence-corrected chi connectivity index (χ2v) is 6.33. The Hall–Kier alpha value is -0.810. The molecule has 1 atom stereocenters. The highest BCUT2D eigenvalue weighted by molar-refractivity contribution is 5.67. The first-order valence-electron chi connectivity index (χ1n) is 7.30. The molecule has 112 valence electrons. The monoisotopic (exact) mass is 271 g/mol. The van der Waals surface area contributed by atoms with Crippen LogP contribution in [0.5, 0.6) is 0 Å². The number of rotatable bonds is 4. The zero-order valence-corrected chi connectivity index (χ0v) is 12.6. The number of alkyl carbamates (subject to hydrolysis) is 1. The van der Waals surface area contributed by atoms with Crippen LogP contribution in [-0.2, 0) is 4.74 Å². The van der Waals surface area contributed by atoms with E-state index in [0.717, 1.165) is 26.1 Å². The zero-order chi connectivity index (χ0) is 14.3. The molecule has 1 heterocycles. The Morgan fingerprint density at radius 1 is 1.42 bits per heavy atom. The maximum absolute atomic E-state index is 11.6. The third-order valence-corrected chi connectivity index (χ3v) is 3.23. The molecule has 1 fully saturated rings. The molecule has 1 amide bonds. The summed E-state index contributed by atoms with van der Waals surface area (Å²) in [6.45, 7) is 10.1. The largest absolute Gasteiger partial charge is 0.444 e. The maximum atomic E-state index is 11.6. The number of carbonyl (C=O) groups excluding carboxylic acids is 1. The highest BCUT2D eigenvalue weighted by Gasteiger charge is 2.20. The van der Waals surface area contributed by atoms with Gasteiger partial charge in [0.25, 0.3) is 0 Å². The summed E-state index contributed by atoms with van der Waals surface area (Å²) in [5.41, 5.74) is 5.18. The van der Waals surface area contributed by atoms with Gasteiger partial charge in [-0.1, -0.05) is 6.42 Å². The van der Waals surface area contributed by atoms with E-state index in [0.29, 0.717) is 19.0 Å². The fourth-order valence-corrected chi connectivity index (χ4v) is 2.41. The van der Waals surface area contributed by atoms with Crippen LogP contribution in [-0.4, -0.2) is 49.3 Å². The highest BCUT2D eigenvalue weighted by Crippen LogP contribution is 2.15. The van der Waals surface area contributed by atoms with Gasteiger partial charge in [0.2, 0.25) is 0 Å². The average molecular weight is 271 g/mol. The molecule has 0 radical (unpaired) electrons. The lowest BCUT2D eigenvalue weighted by Crippen LogP contribution is -2.39. The molecule has 1 unspecified atom stereocenters. The minimum absolute atomic E-state index is 0.317. The van der Waals surface area contributed by atoms with Crippen LogP contribution in [0.1, 0.15) is 40.0 Å². The van der Waals surface area contributed by atoms with Crippen LogP contribution in [0.3, 0.4) is 0 Å². The molecule has 19 heavy (non-hydrogen) atoms. The number of carbonyl (C=O) groups is 1. The van der Waals surface area contributed by atoms with E-state index in [-0.39, 0.29) is 6.09 Å². The van der Waals surface area contributed by atoms with E-state index in [2.05, 4.69) is 10.2 Å². The normalized spacial score (nSPS) is 21.8. The summed E-state index contributed by atoms with van der Waals surface area (Å²) in [5.74, 6) is 0.501. The van der Waals surface area contributed by atoms with Crippen molar-refractivity contribution >= 4 is 6.09 Å². The molecule has 3 N–H and O–H groups in total. The van der Waals surface area contributed by atoms with E-state index < -0.39 is 5.60 Å². The lowest BCUT2D eigenvalue weighted by molar-refractivity contribution is 0.0515. The Bertz CT molecular complexity index is 276. The Morgan fingerprint density at radius 3 is 2.79 bits per heavy atom. The fourth-order valence-electron chi connectivity index (χ4n) is 2.41. The number of likely N-dealkylation sites (tertiary alicyclic amines) is 1. The van der Waals surface area contributed by atoms with E-state index in [1.54, 1.807) is 0 Å². The van der Waals surface area contributed by atoms with Crippen molar-refractivity contribution in [3.05, 3.63) is 0 Å². The molecular weight excluding hydrogens is 242 g/mol. The molecule has 0 bridgehead atoms. The summed E-state index contributed by atoms with van der Waals surface area (Å²) in [7, 11) is 0. The van der Waals surface area contributed by atoms with Gasteiger partial charge >= 0.3 is 6.09 Å². The van der Waals surface area contributed by atoms with Gasteiger partial charge < -0.3 is 20.7 Å². The standard InChI is InChI=1S/C14H29N3O2/c1-14(2,3)19-13(18)16-10-12-6-4-5-8-17(11-12)9-7-15/h12H,4-11,15H2,1-3H3,(H,16,18). The van der Waals surface area contributed by atoms with Crippen LogP contribution in [0.25, 0.3) is 0 Å². The molecule has 0 spiro atoms. The first kappa shape index (κ1) is 16.2. The van der Waals surface area contributed by atoms with Crippen molar-refractivity contribution in [1.82, 2.24) is 10.2 Å². The minimum atomic E-state index is -0.431. The van der Waals surface area contributed by atoms with Gasteiger partial charge in [-0.25, -0.2) is 4.79 Å². The third-order valence-electron chi connectivity index (χ3n) is 3.23. The number of nitrogens with two attached hydrogens (primary N) is 1. The summed E-state index contributed by atoms with van der Waals surface area (Å²) in [6.07, 6.45) is 3.30. The quantitative estimate of drug-likeness (QED) is 0.814. The summed E-state index contributed by atoms with van der Waals surface area (Å²) in [5, 5.41) is 2.88. The molecule has 0 aromatic carbocycles. The third kappa shape index (κ3) is 7.38. The van der Waals surface area contributed by atoms with Gasteiger partial charge in [0, 0.05) is 26.2 Å². The summed E-state index contributed by atoms with van der Waals surface area (Å²) in [6, 6.07) is 0. The van der Waals surface area contributed by atoms with Crippen molar-refractivity contribution in [2.45, 2.75) is 45.6 Å². The van der Waals surface area contributed by atoms with E-state index in [9.17, 15) is 4.79 Å². The Kier molecular flexibility index (Phi) is 6.58. The summed E-state index contributed by atoms with van der Waals surface area (Å²) < 4.78 is 5.25. The minimum Gasteiger partial charge on any atom is -0.444 e. The number of hydrogen-bond donors (Lipinski definition) is 2. The molecule has 1 rings (SSSR count). The van der Waals surface area contributed by atoms with Crippen LogP contribution < -0.4 is 11.1 Å². The smallest absolute Gasteiger partial charge is 0.407 e. The van der Waals surface area contributed by atoms with E-state index in [1.165, 1.54) is 12.8 Å². The Labute approximate surface area is 116 Å². The SMILES string of the molecule is CC(C)(C)OC(=O)NCC1CCCCN(CCN)C1. The Morgan fingerprint density at radius 2 is 2.16 bits per heavy atom. The van der Waals surface area contributed by atoms with Gasteiger partial charge in [-0.2, -0.15) is 0 Å². The first-order chi connectivity index (χ1) is 8.90. The van der Waals surface area contributed by atoms with Gasteiger partial charge in [0.1, 0.15) is 5.60 Å². The fraction of sp³-hybridized carbons (Fsp3) is 0.929. The van der Waals surface area contributed by atoms with Crippen LogP contribution in [0.2, 0.25) is 0 Å². The molecule has 5 nitrogen and oxygen atoms in total. The van der Waals surface area contributed by atoms with Crippen molar-refractivity contribution in [2.75, 3.05) is 32.7 Å². The number of nitrogens with zero attached hydrogens (tertiary/aromatic N) is 1. The van der Waals surface area contributed by atoms with Crippen LogP contribution in [0.15, 0.2) is 0 Å². The van der Waals surface area contributed by atoms with Crippen molar-refractivity contribution in [3.63, 3.8) is 0 Å². The zero-order valence-electron chi connectivity index (χ0n) is 12.6.